The Morgan fingerprint density at radius 3 is 2.84 bits per heavy atom. The van der Waals surface area contributed by atoms with Crippen molar-refractivity contribution in [1.82, 2.24) is 4.98 Å². The van der Waals surface area contributed by atoms with Crippen molar-refractivity contribution in [2.24, 2.45) is 0 Å². The second-order valence-electron chi connectivity index (χ2n) is 4.46. The van der Waals surface area contributed by atoms with Gasteiger partial charge in [-0.2, -0.15) is 0 Å². The molecule has 1 aromatic carbocycles. The summed E-state index contributed by atoms with van der Waals surface area (Å²) in [4.78, 5) is 16.2. The number of hydrogen-bond acceptors (Lipinski definition) is 3. The zero-order chi connectivity index (χ0) is 13.8. The number of carbonyl (C=O) groups is 1. The third kappa shape index (κ3) is 2.98. The third-order valence-electron chi connectivity index (χ3n) is 2.97. The number of aliphatic hydroxyl groups excluding tert-OH is 1. The van der Waals surface area contributed by atoms with Crippen molar-refractivity contribution >= 4 is 11.6 Å². The summed E-state index contributed by atoms with van der Waals surface area (Å²) in [6.07, 6.45) is 3.12. The number of hydrogen-bond donors (Lipinski definition) is 2. The van der Waals surface area contributed by atoms with E-state index in [1.165, 1.54) is 6.20 Å². The number of aliphatic hydroxyl groups is 1. The van der Waals surface area contributed by atoms with Crippen LogP contribution in [-0.2, 0) is 6.61 Å². The Morgan fingerprint density at radius 1 is 1.32 bits per heavy atom. The first-order chi connectivity index (χ1) is 9.11. The van der Waals surface area contributed by atoms with E-state index in [2.05, 4.69) is 10.3 Å². The molecule has 19 heavy (non-hydrogen) atoms. The van der Waals surface area contributed by atoms with Crippen molar-refractivity contribution in [2.45, 2.75) is 20.5 Å². The van der Waals surface area contributed by atoms with Crippen molar-refractivity contribution < 1.29 is 9.90 Å². The lowest BCUT2D eigenvalue weighted by Gasteiger charge is -2.10. The van der Waals surface area contributed by atoms with Crippen LogP contribution < -0.4 is 5.32 Å². The first-order valence-electron chi connectivity index (χ1n) is 6.04. The Balaban J connectivity index is 2.28. The molecule has 0 aliphatic carbocycles. The van der Waals surface area contributed by atoms with Gasteiger partial charge in [-0.25, -0.2) is 0 Å². The van der Waals surface area contributed by atoms with E-state index in [0.29, 0.717) is 16.8 Å². The fourth-order valence-corrected chi connectivity index (χ4v) is 1.84. The summed E-state index contributed by atoms with van der Waals surface area (Å²) in [6, 6.07) is 7.41. The molecule has 4 nitrogen and oxygen atoms in total. The van der Waals surface area contributed by atoms with E-state index in [4.69, 9.17) is 0 Å². The van der Waals surface area contributed by atoms with Crippen molar-refractivity contribution in [1.29, 1.82) is 0 Å². The summed E-state index contributed by atoms with van der Waals surface area (Å²) in [5.74, 6) is -0.191. The predicted octanol–water partition coefficient (Wildman–Crippen LogP) is 2.44. The predicted molar refractivity (Wildman–Crippen MR) is 74.0 cm³/mol. The van der Waals surface area contributed by atoms with E-state index in [1.807, 2.05) is 32.0 Å². The number of anilines is 1. The average molecular weight is 256 g/mol. The number of pyridine rings is 1. The van der Waals surface area contributed by atoms with E-state index in [0.717, 1.165) is 11.1 Å². The van der Waals surface area contributed by atoms with Gasteiger partial charge < -0.3 is 10.4 Å². The molecule has 1 amide bonds. The van der Waals surface area contributed by atoms with Crippen molar-refractivity contribution in [3.05, 3.63) is 58.9 Å². The molecule has 2 aromatic rings. The van der Waals surface area contributed by atoms with Crippen LogP contribution in [0.25, 0.3) is 0 Å². The summed E-state index contributed by atoms with van der Waals surface area (Å²) in [7, 11) is 0. The lowest BCUT2D eigenvalue weighted by atomic mass is 10.0. The summed E-state index contributed by atoms with van der Waals surface area (Å²) >= 11 is 0. The zero-order valence-corrected chi connectivity index (χ0v) is 11.0. The molecule has 0 saturated carbocycles. The van der Waals surface area contributed by atoms with Crippen molar-refractivity contribution in [3.63, 3.8) is 0 Å². The van der Waals surface area contributed by atoms with Gasteiger partial charge >= 0.3 is 0 Å². The van der Waals surface area contributed by atoms with Gasteiger partial charge in [0, 0.05) is 17.3 Å². The van der Waals surface area contributed by atoms with Crippen LogP contribution in [-0.4, -0.2) is 16.0 Å². The van der Waals surface area contributed by atoms with Crippen molar-refractivity contribution in [3.8, 4) is 0 Å². The van der Waals surface area contributed by atoms with Crippen LogP contribution >= 0.6 is 0 Å². The van der Waals surface area contributed by atoms with E-state index in [-0.39, 0.29) is 12.5 Å². The number of aryl methyl sites for hydroxylation is 2. The number of amides is 1. The molecule has 2 rings (SSSR count). The SMILES string of the molecule is Cc1ccc(C)c(C(=O)Nc2cnccc2CO)c1. The second kappa shape index (κ2) is 5.63. The highest BCUT2D eigenvalue weighted by atomic mass is 16.3. The average Bonchev–Trinajstić information content (AvgIpc) is 2.42. The first kappa shape index (κ1) is 13.2. The molecule has 0 atom stereocenters. The van der Waals surface area contributed by atoms with Crippen LogP contribution in [0.2, 0.25) is 0 Å². The Bertz CT molecular complexity index is 609. The van der Waals surface area contributed by atoms with Crippen LogP contribution in [0, 0.1) is 13.8 Å². The monoisotopic (exact) mass is 256 g/mol. The fourth-order valence-electron chi connectivity index (χ4n) is 1.84. The minimum Gasteiger partial charge on any atom is -0.392 e. The Morgan fingerprint density at radius 2 is 2.11 bits per heavy atom. The van der Waals surface area contributed by atoms with Crippen LogP contribution in [0.1, 0.15) is 27.0 Å². The highest BCUT2D eigenvalue weighted by molar-refractivity contribution is 6.05. The molecule has 2 N–H and O–H groups in total. The highest BCUT2D eigenvalue weighted by Gasteiger charge is 2.11. The van der Waals surface area contributed by atoms with Gasteiger partial charge in [-0.3, -0.25) is 9.78 Å². The highest BCUT2D eigenvalue weighted by Crippen LogP contribution is 2.17. The molecule has 0 aliphatic heterocycles. The van der Waals surface area contributed by atoms with Gasteiger partial charge in [0.25, 0.3) is 5.91 Å². The van der Waals surface area contributed by atoms with Crippen LogP contribution in [0.15, 0.2) is 36.7 Å². The zero-order valence-electron chi connectivity index (χ0n) is 11.0. The Labute approximate surface area is 112 Å². The number of benzene rings is 1. The maximum atomic E-state index is 12.2. The molecule has 0 unspecified atom stereocenters. The molecule has 1 aromatic heterocycles. The molecule has 0 radical (unpaired) electrons. The number of aromatic nitrogens is 1. The maximum Gasteiger partial charge on any atom is 0.255 e. The fraction of sp³-hybridized carbons (Fsp3) is 0.200. The first-order valence-corrected chi connectivity index (χ1v) is 6.04. The number of carbonyl (C=O) groups excluding carboxylic acids is 1. The van der Waals surface area contributed by atoms with Gasteiger partial charge in [0.15, 0.2) is 0 Å². The van der Waals surface area contributed by atoms with Gasteiger partial charge in [-0.15, -0.1) is 0 Å². The van der Waals surface area contributed by atoms with Gasteiger partial charge in [-0.05, 0) is 31.5 Å². The Kier molecular flexibility index (Phi) is 3.92. The molecule has 0 aliphatic rings. The van der Waals surface area contributed by atoms with E-state index in [1.54, 1.807) is 12.3 Å². The lowest BCUT2D eigenvalue weighted by Crippen LogP contribution is -2.15. The minimum atomic E-state index is -0.191. The molecular weight excluding hydrogens is 240 g/mol. The number of nitrogens with one attached hydrogen (secondary N) is 1. The second-order valence-corrected chi connectivity index (χ2v) is 4.46. The standard InChI is InChI=1S/C15H16N2O2/c1-10-3-4-11(2)13(7-10)15(19)17-14-8-16-6-5-12(14)9-18/h3-8,18H,9H2,1-2H3,(H,17,19). The molecule has 1 heterocycles. The van der Waals surface area contributed by atoms with Crippen LogP contribution in [0.4, 0.5) is 5.69 Å². The van der Waals surface area contributed by atoms with E-state index >= 15 is 0 Å². The summed E-state index contributed by atoms with van der Waals surface area (Å²) < 4.78 is 0. The minimum absolute atomic E-state index is 0.134. The summed E-state index contributed by atoms with van der Waals surface area (Å²) in [6.45, 7) is 3.70. The summed E-state index contributed by atoms with van der Waals surface area (Å²) in [5.41, 5.74) is 3.76. The molecule has 0 fully saturated rings. The third-order valence-corrected chi connectivity index (χ3v) is 2.97. The number of rotatable bonds is 3. The molecular formula is C15H16N2O2. The smallest absolute Gasteiger partial charge is 0.255 e. The van der Waals surface area contributed by atoms with Gasteiger partial charge in [0.2, 0.25) is 0 Å². The molecule has 98 valence electrons. The molecule has 4 heteroatoms. The normalized spacial score (nSPS) is 10.3. The molecule has 0 bridgehead atoms. The Hall–Kier alpha value is -2.20. The maximum absolute atomic E-state index is 12.2. The number of nitrogens with zero attached hydrogens (tertiary/aromatic N) is 1. The van der Waals surface area contributed by atoms with Crippen LogP contribution in [0.5, 0.6) is 0 Å². The van der Waals surface area contributed by atoms with E-state index < -0.39 is 0 Å². The van der Waals surface area contributed by atoms with E-state index in [9.17, 15) is 9.90 Å². The van der Waals surface area contributed by atoms with Gasteiger partial charge in [0.1, 0.15) is 0 Å². The van der Waals surface area contributed by atoms with Crippen LogP contribution in [0.3, 0.4) is 0 Å². The van der Waals surface area contributed by atoms with Gasteiger partial charge in [0.05, 0.1) is 18.5 Å². The largest absolute Gasteiger partial charge is 0.392 e. The lowest BCUT2D eigenvalue weighted by molar-refractivity contribution is 0.102. The van der Waals surface area contributed by atoms with Crippen molar-refractivity contribution in [2.75, 3.05) is 5.32 Å². The quantitative estimate of drug-likeness (QED) is 0.886. The molecule has 0 spiro atoms. The van der Waals surface area contributed by atoms with Gasteiger partial charge in [-0.1, -0.05) is 17.7 Å². The summed E-state index contributed by atoms with van der Waals surface area (Å²) in [5, 5.41) is 12.0. The molecule has 0 saturated heterocycles. The topological polar surface area (TPSA) is 62.2 Å².